The minimum absolute atomic E-state index is 0.0154. The van der Waals surface area contributed by atoms with Crippen LogP contribution >= 0.6 is 0 Å². The van der Waals surface area contributed by atoms with Gasteiger partial charge in [-0.3, -0.25) is 14.4 Å². The monoisotopic (exact) mass is 394 g/mol. The van der Waals surface area contributed by atoms with Crippen molar-refractivity contribution in [2.75, 3.05) is 25.0 Å². The number of carbonyl (C=O) groups excluding carboxylic acids is 3. The van der Waals surface area contributed by atoms with Crippen LogP contribution in [0, 0.1) is 6.92 Å². The van der Waals surface area contributed by atoms with Crippen molar-refractivity contribution in [2.45, 2.75) is 32.8 Å². The minimum Gasteiger partial charge on any atom is -0.375 e. The molecule has 0 aliphatic carbocycles. The summed E-state index contributed by atoms with van der Waals surface area (Å²) in [6, 6.07) is 14.2. The normalized spacial score (nSPS) is 16.3. The average molecular weight is 394 g/mol. The highest BCUT2D eigenvalue weighted by Gasteiger charge is 2.22. The Hall–Kier alpha value is -2.99. The van der Waals surface area contributed by atoms with E-state index in [1.807, 2.05) is 26.0 Å². The van der Waals surface area contributed by atoms with E-state index < -0.39 is 0 Å². The Morgan fingerprint density at radius 3 is 2.55 bits per heavy atom. The molecule has 1 unspecified atom stereocenters. The van der Waals surface area contributed by atoms with E-state index in [1.165, 1.54) is 0 Å². The molecule has 2 amide bonds. The summed E-state index contributed by atoms with van der Waals surface area (Å²) < 4.78 is 5.48. The van der Waals surface area contributed by atoms with E-state index in [0.717, 1.165) is 5.56 Å². The number of benzene rings is 2. The summed E-state index contributed by atoms with van der Waals surface area (Å²) in [4.78, 5) is 38.9. The molecule has 0 bridgehead atoms. The van der Waals surface area contributed by atoms with Gasteiger partial charge in [0.2, 0.25) is 5.91 Å². The van der Waals surface area contributed by atoms with E-state index in [1.54, 1.807) is 41.3 Å². The highest BCUT2D eigenvalue weighted by Crippen LogP contribution is 2.16. The van der Waals surface area contributed by atoms with Gasteiger partial charge in [0.25, 0.3) is 5.91 Å². The summed E-state index contributed by atoms with van der Waals surface area (Å²) in [6.45, 7) is 5.53. The van der Waals surface area contributed by atoms with Gasteiger partial charge in [0.15, 0.2) is 5.78 Å². The quantitative estimate of drug-likeness (QED) is 0.762. The maximum absolute atomic E-state index is 12.7. The SMILES string of the molecule is Cc1ccc(C(=O)CCC(=O)Nc2cccc(C(=O)N3CCOC(C)C3)c2)cc1. The third-order valence-electron chi connectivity index (χ3n) is 4.87. The van der Waals surface area contributed by atoms with Crippen molar-refractivity contribution < 1.29 is 19.1 Å². The van der Waals surface area contributed by atoms with Crippen molar-refractivity contribution in [1.82, 2.24) is 4.90 Å². The molecule has 1 aliphatic heterocycles. The van der Waals surface area contributed by atoms with Gasteiger partial charge in [-0.15, -0.1) is 0 Å². The molecular formula is C23H26N2O4. The predicted octanol–water partition coefficient (Wildman–Crippen LogP) is 3.46. The molecule has 0 saturated carbocycles. The number of nitrogens with one attached hydrogen (secondary N) is 1. The van der Waals surface area contributed by atoms with Crippen molar-refractivity contribution in [2.24, 2.45) is 0 Å². The zero-order valence-electron chi connectivity index (χ0n) is 16.8. The lowest BCUT2D eigenvalue weighted by Gasteiger charge is -2.31. The first-order chi connectivity index (χ1) is 13.9. The first kappa shape index (κ1) is 20.7. The highest BCUT2D eigenvalue weighted by molar-refractivity contribution is 6.01. The van der Waals surface area contributed by atoms with Crippen molar-refractivity contribution in [3.63, 3.8) is 0 Å². The van der Waals surface area contributed by atoms with Gasteiger partial charge in [-0.2, -0.15) is 0 Å². The van der Waals surface area contributed by atoms with Gasteiger partial charge < -0.3 is 15.0 Å². The number of hydrogen-bond donors (Lipinski definition) is 1. The molecule has 2 aromatic carbocycles. The van der Waals surface area contributed by atoms with Gasteiger partial charge in [0.05, 0.1) is 12.7 Å². The summed E-state index contributed by atoms with van der Waals surface area (Å²) in [5, 5.41) is 2.78. The molecule has 1 heterocycles. The van der Waals surface area contributed by atoms with Gasteiger partial charge in [-0.05, 0) is 32.0 Å². The Kier molecular flexibility index (Phi) is 6.77. The van der Waals surface area contributed by atoms with E-state index >= 15 is 0 Å². The molecular weight excluding hydrogens is 368 g/mol. The zero-order valence-corrected chi connectivity index (χ0v) is 16.8. The van der Waals surface area contributed by atoms with Crippen LogP contribution in [0.4, 0.5) is 5.69 Å². The number of amides is 2. The van der Waals surface area contributed by atoms with Crippen molar-refractivity contribution in [3.8, 4) is 0 Å². The van der Waals surface area contributed by atoms with Crippen molar-refractivity contribution in [1.29, 1.82) is 0 Å². The van der Waals surface area contributed by atoms with Gasteiger partial charge >= 0.3 is 0 Å². The van der Waals surface area contributed by atoms with Crippen LogP contribution in [-0.2, 0) is 9.53 Å². The molecule has 1 N–H and O–H groups in total. The molecule has 152 valence electrons. The second-order valence-electron chi connectivity index (χ2n) is 7.35. The molecule has 3 rings (SSSR count). The number of nitrogens with zero attached hydrogens (tertiary/aromatic N) is 1. The first-order valence-corrected chi connectivity index (χ1v) is 9.83. The standard InChI is InChI=1S/C23H26N2O4/c1-16-6-8-18(9-7-16)21(26)10-11-22(27)24-20-5-3-4-19(14-20)23(28)25-12-13-29-17(2)15-25/h3-9,14,17H,10-13,15H2,1-2H3,(H,24,27). The second-order valence-corrected chi connectivity index (χ2v) is 7.35. The summed E-state index contributed by atoms with van der Waals surface area (Å²) in [5.41, 5.74) is 2.76. The number of ether oxygens (including phenoxy) is 1. The van der Waals surface area contributed by atoms with Crippen LogP contribution in [-0.4, -0.2) is 48.3 Å². The Balaban J connectivity index is 1.55. The third-order valence-corrected chi connectivity index (χ3v) is 4.87. The summed E-state index contributed by atoms with van der Waals surface area (Å²) in [5.74, 6) is -0.397. The fourth-order valence-electron chi connectivity index (χ4n) is 3.25. The van der Waals surface area contributed by atoms with Crippen molar-refractivity contribution >= 4 is 23.3 Å². The fourth-order valence-corrected chi connectivity index (χ4v) is 3.25. The summed E-state index contributed by atoms with van der Waals surface area (Å²) >= 11 is 0. The zero-order chi connectivity index (χ0) is 20.8. The number of ketones is 1. The molecule has 0 radical (unpaired) electrons. The molecule has 2 aromatic rings. The smallest absolute Gasteiger partial charge is 0.254 e. The van der Waals surface area contributed by atoms with Crippen LogP contribution in [0.3, 0.4) is 0 Å². The largest absolute Gasteiger partial charge is 0.375 e. The molecule has 1 aliphatic rings. The van der Waals surface area contributed by atoms with E-state index in [-0.39, 0.29) is 36.5 Å². The number of carbonyl (C=O) groups is 3. The second kappa shape index (κ2) is 9.47. The van der Waals surface area contributed by atoms with E-state index in [9.17, 15) is 14.4 Å². The van der Waals surface area contributed by atoms with Gasteiger partial charge in [-0.25, -0.2) is 0 Å². The van der Waals surface area contributed by atoms with E-state index in [0.29, 0.717) is 36.5 Å². The van der Waals surface area contributed by atoms with Crippen LogP contribution in [0.15, 0.2) is 48.5 Å². The lowest BCUT2D eigenvalue weighted by Crippen LogP contribution is -2.44. The maximum atomic E-state index is 12.7. The molecule has 1 atom stereocenters. The number of aryl methyl sites for hydroxylation is 1. The van der Waals surface area contributed by atoms with Crippen LogP contribution in [0.2, 0.25) is 0 Å². The van der Waals surface area contributed by atoms with Gasteiger partial charge in [-0.1, -0.05) is 35.9 Å². The Labute approximate surface area is 170 Å². The topological polar surface area (TPSA) is 75.7 Å². The highest BCUT2D eigenvalue weighted by atomic mass is 16.5. The number of rotatable bonds is 6. The molecule has 0 aromatic heterocycles. The van der Waals surface area contributed by atoms with Crippen LogP contribution in [0.5, 0.6) is 0 Å². The Morgan fingerprint density at radius 2 is 1.83 bits per heavy atom. The van der Waals surface area contributed by atoms with Crippen molar-refractivity contribution in [3.05, 3.63) is 65.2 Å². The molecule has 0 spiro atoms. The fraction of sp³-hybridized carbons (Fsp3) is 0.348. The van der Waals surface area contributed by atoms with E-state index in [2.05, 4.69) is 5.32 Å². The lowest BCUT2D eigenvalue weighted by atomic mass is 10.0. The predicted molar refractivity (Wildman–Crippen MR) is 111 cm³/mol. The maximum Gasteiger partial charge on any atom is 0.254 e. The number of morpholine rings is 1. The molecule has 29 heavy (non-hydrogen) atoms. The van der Waals surface area contributed by atoms with Gasteiger partial charge in [0.1, 0.15) is 0 Å². The van der Waals surface area contributed by atoms with Crippen LogP contribution in [0.1, 0.15) is 46.0 Å². The third kappa shape index (κ3) is 5.74. The summed E-state index contributed by atoms with van der Waals surface area (Å²) in [7, 11) is 0. The van der Waals surface area contributed by atoms with Crippen LogP contribution in [0.25, 0.3) is 0 Å². The molecule has 1 fully saturated rings. The molecule has 6 heteroatoms. The number of Topliss-reactive ketones (excluding diaryl/α,β-unsaturated/α-hetero) is 1. The molecule has 1 saturated heterocycles. The molecule has 6 nitrogen and oxygen atoms in total. The summed E-state index contributed by atoms with van der Waals surface area (Å²) in [6.07, 6.45) is 0.243. The first-order valence-electron chi connectivity index (χ1n) is 9.83. The Bertz CT molecular complexity index is 892. The number of anilines is 1. The lowest BCUT2D eigenvalue weighted by molar-refractivity contribution is -0.116. The number of hydrogen-bond acceptors (Lipinski definition) is 4. The van der Waals surface area contributed by atoms with E-state index in [4.69, 9.17) is 4.74 Å². The van der Waals surface area contributed by atoms with Gasteiger partial charge in [0, 0.05) is 42.7 Å². The Morgan fingerprint density at radius 1 is 1.07 bits per heavy atom. The average Bonchev–Trinajstić information content (AvgIpc) is 2.72. The van der Waals surface area contributed by atoms with Crippen LogP contribution < -0.4 is 5.32 Å². The minimum atomic E-state index is -0.255.